The quantitative estimate of drug-likeness (QED) is 0.892. The summed E-state index contributed by atoms with van der Waals surface area (Å²) in [5, 5.41) is 4.66. The van der Waals surface area contributed by atoms with Crippen LogP contribution in [0.5, 0.6) is 0 Å². The highest BCUT2D eigenvalue weighted by Gasteiger charge is 2.38. The van der Waals surface area contributed by atoms with E-state index in [4.69, 9.17) is 5.73 Å². The van der Waals surface area contributed by atoms with Crippen LogP contribution in [0.15, 0.2) is 40.3 Å². The number of nitrogens with one attached hydrogen (secondary N) is 1. The zero-order valence-corrected chi connectivity index (χ0v) is 14.0. The molecule has 1 aromatic heterocycles. The van der Waals surface area contributed by atoms with E-state index in [1.807, 2.05) is 13.3 Å². The molecule has 2 aromatic rings. The second kappa shape index (κ2) is 5.47. The number of amidine groups is 1. The summed E-state index contributed by atoms with van der Waals surface area (Å²) in [6, 6.07) is 10.9. The Morgan fingerprint density at radius 3 is 3.04 bits per heavy atom. The first-order valence-electron chi connectivity index (χ1n) is 7.70. The van der Waals surface area contributed by atoms with Gasteiger partial charge in [0.15, 0.2) is 6.17 Å². The average molecular weight is 325 g/mol. The van der Waals surface area contributed by atoms with Crippen molar-refractivity contribution in [2.45, 2.75) is 25.7 Å². The van der Waals surface area contributed by atoms with Gasteiger partial charge in [0.25, 0.3) is 0 Å². The first-order chi connectivity index (χ1) is 11.2. The Balaban J connectivity index is 1.79. The number of hydrogen-bond donors (Lipinski definition) is 2. The van der Waals surface area contributed by atoms with Crippen LogP contribution in [0.3, 0.4) is 0 Å². The van der Waals surface area contributed by atoms with Gasteiger partial charge in [0.05, 0.1) is 11.7 Å². The van der Waals surface area contributed by atoms with Crippen LogP contribution in [-0.4, -0.2) is 31.3 Å². The summed E-state index contributed by atoms with van der Waals surface area (Å²) in [4.78, 5) is 12.5. The predicted molar refractivity (Wildman–Crippen MR) is 98.8 cm³/mol. The molecule has 3 heterocycles. The molecule has 0 radical (unpaired) electrons. The normalized spacial score (nSPS) is 23.8. The number of nitrogens with two attached hydrogens (primary N) is 1. The van der Waals surface area contributed by atoms with Gasteiger partial charge in [-0.05, 0) is 30.2 Å². The topological polar surface area (TPSA) is 66.0 Å². The molecule has 6 heteroatoms. The van der Waals surface area contributed by atoms with Crippen LogP contribution in [0, 0.1) is 0 Å². The Morgan fingerprint density at radius 2 is 2.26 bits per heavy atom. The van der Waals surface area contributed by atoms with Crippen LogP contribution in [0.4, 0.5) is 10.7 Å². The van der Waals surface area contributed by atoms with Gasteiger partial charge in [-0.25, -0.2) is 0 Å². The fraction of sp³-hybridized carbons (Fsp3) is 0.294. The number of nitrogens with zero attached hydrogens (tertiary/aromatic N) is 3. The Hall–Kier alpha value is -2.18. The van der Waals surface area contributed by atoms with Gasteiger partial charge in [-0.2, -0.15) is 0 Å². The molecule has 2 aliphatic rings. The van der Waals surface area contributed by atoms with E-state index in [2.05, 4.69) is 57.5 Å². The van der Waals surface area contributed by atoms with Crippen LogP contribution >= 0.6 is 11.3 Å². The van der Waals surface area contributed by atoms with Crippen molar-refractivity contribution in [2.24, 2.45) is 15.7 Å². The summed E-state index contributed by atoms with van der Waals surface area (Å²) in [5.41, 5.74) is 9.23. The number of hydrogen-bond acceptors (Lipinski definition) is 5. The van der Waals surface area contributed by atoms with E-state index in [1.54, 1.807) is 11.3 Å². The zero-order chi connectivity index (χ0) is 16.0. The fourth-order valence-electron chi connectivity index (χ4n) is 3.10. The van der Waals surface area contributed by atoms with E-state index in [0.29, 0.717) is 6.54 Å². The van der Waals surface area contributed by atoms with Gasteiger partial charge in [-0.1, -0.05) is 18.2 Å². The maximum Gasteiger partial charge on any atom is 0.180 e. The molecule has 2 aliphatic heterocycles. The summed E-state index contributed by atoms with van der Waals surface area (Å²) in [6.07, 6.45) is 1.98. The lowest BCUT2D eigenvalue weighted by Gasteiger charge is -2.34. The molecule has 4 rings (SSSR count). The molecule has 118 valence electrons. The third-order valence-electron chi connectivity index (χ3n) is 4.29. The highest BCUT2D eigenvalue weighted by atomic mass is 32.1. The van der Waals surface area contributed by atoms with Gasteiger partial charge in [-0.3, -0.25) is 9.98 Å². The van der Waals surface area contributed by atoms with E-state index < -0.39 is 0 Å². The van der Waals surface area contributed by atoms with E-state index >= 15 is 0 Å². The Morgan fingerprint density at radius 1 is 1.39 bits per heavy atom. The molecule has 2 atom stereocenters. The molecule has 0 amide bonds. The van der Waals surface area contributed by atoms with Gasteiger partial charge >= 0.3 is 0 Å². The maximum atomic E-state index is 5.77. The third kappa shape index (κ3) is 2.26. The predicted octanol–water partition coefficient (Wildman–Crippen LogP) is 2.93. The smallest absolute Gasteiger partial charge is 0.180 e. The highest BCUT2D eigenvalue weighted by molar-refractivity contribution is 7.20. The van der Waals surface area contributed by atoms with Gasteiger partial charge < -0.3 is 16.0 Å². The highest BCUT2D eigenvalue weighted by Crippen LogP contribution is 2.46. The molecule has 0 saturated heterocycles. The molecule has 0 bridgehead atoms. The van der Waals surface area contributed by atoms with Crippen molar-refractivity contribution in [2.75, 3.05) is 17.3 Å². The molecular weight excluding hydrogens is 306 g/mol. The van der Waals surface area contributed by atoms with Crippen molar-refractivity contribution in [3.05, 3.63) is 35.9 Å². The Bertz CT molecular complexity index is 807. The standard InChI is InChI=1S/C17H19N5S/c1-10-9-20-16-15(19-2)21-13-7-14(23-17(13)22(10)16)12-5-3-4-11(6-12)8-18/h3-7,9-10,16H,8,18H2,1-2H3,(H,19,21). The third-order valence-corrected chi connectivity index (χ3v) is 5.49. The number of benzene rings is 1. The van der Waals surface area contributed by atoms with Crippen molar-refractivity contribution in [3.8, 4) is 10.4 Å². The van der Waals surface area contributed by atoms with Crippen LogP contribution < -0.4 is 16.0 Å². The van der Waals surface area contributed by atoms with Gasteiger partial charge in [0.2, 0.25) is 0 Å². The van der Waals surface area contributed by atoms with Gasteiger partial charge in [0, 0.05) is 24.7 Å². The summed E-state index contributed by atoms with van der Waals surface area (Å²) >= 11 is 1.79. The van der Waals surface area contributed by atoms with E-state index in [1.165, 1.54) is 15.4 Å². The van der Waals surface area contributed by atoms with E-state index in [9.17, 15) is 0 Å². The molecule has 2 unspecified atom stereocenters. The minimum Gasteiger partial charge on any atom is -0.338 e. The number of aliphatic imine (C=N–C) groups is 2. The molecular formula is C17H19N5S. The number of anilines is 2. The maximum absolute atomic E-state index is 5.77. The second-order valence-electron chi connectivity index (χ2n) is 5.79. The first kappa shape index (κ1) is 14.4. The number of rotatable bonds is 2. The Labute approximate surface area is 139 Å². The van der Waals surface area contributed by atoms with Gasteiger partial charge in [0.1, 0.15) is 10.8 Å². The van der Waals surface area contributed by atoms with Crippen molar-refractivity contribution >= 4 is 34.1 Å². The van der Waals surface area contributed by atoms with Crippen LogP contribution in [0.25, 0.3) is 10.4 Å². The fourth-order valence-corrected chi connectivity index (χ4v) is 4.32. The molecule has 1 aromatic carbocycles. The second-order valence-corrected chi connectivity index (χ2v) is 6.82. The molecule has 0 fully saturated rings. The minimum absolute atomic E-state index is 0.0237. The number of thiophene rings is 1. The summed E-state index contributed by atoms with van der Waals surface area (Å²) < 4.78 is 0. The lowest BCUT2D eigenvalue weighted by Crippen LogP contribution is -2.46. The average Bonchev–Trinajstić information content (AvgIpc) is 3.17. The van der Waals surface area contributed by atoms with E-state index in [-0.39, 0.29) is 12.2 Å². The van der Waals surface area contributed by atoms with Crippen LogP contribution in [-0.2, 0) is 6.54 Å². The monoisotopic (exact) mass is 325 g/mol. The molecule has 0 aliphatic carbocycles. The largest absolute Gasteiger partial charge is 0.338 e. The molecule has 0 saturated carbocycles. The van der Waals surface area contributed by atoms with Crippen LogP contribution in [0.1, 0.15) is 12.5 Å². The minimum atomic E-state index is -0.0237. The van der Waals surface area contributed by atoms with Crippen molar-refractivity contribution in [1.82, 2.24) is 0 Å². The Kier molecular flexibility index (Phi) is 3.43. The zero-order valence-electron chi connectivity index (χ0n) is 13.2. The summed E-state index contributed by atoms with van der Waals surface area (Å²) in [7, 11) is 1.81. The van der Waals surface area contributed by atoms with Crippen molar-refractivity contribution in [3.63, 3.8) is 0 Å². The SMILES string of the molecule is CN=C1Nc2cc(-c3cccc(CN)c3)sc2N2C(C)C=NC12. The molecule has 0 spiro atoms. The number of fused-ring (bicyclic) bond motifs is 3. The summed E-state index contributed by atoms with van der Waals surface area (Å²) in [5.74, 6) is 0.901. The molecule has 23 heavy (non-hydrogen) atoms. The van der Waals surface area contributed by atoms with Crippen LogP contribution in [0.2, 0.25) is 0 Å². The lowest BCUT2D eigenvalue weighted by atomic mass is 10.1. The lowest BCUT2D eigenvalue weighted by molar-refractivity contribution is 0.763. The summed E-state index contributed by atoms with van der Waals surface area (Å²) in [6.45, 7) is 2.73. The van der Waals surface area contributed by atoms with Crippen molar-refractivity contribution < 1.29 is 0 Å². The van der Waals surface area contributed by atoms with E-state index in [0.717, 1.165) is 17.1 Å². The van der Waals surface area contributed by atoms with Crippen molar-refractivity contribution in [1.29, 1.82) is 0 Å². The molecule has 5 nitrogen and oxygen atoms in total. The van der Waals surface area contributed by atoms with Gasteiger partial charge in [-0.15, -0.1) is 11.3 Å². The molecule has 3 N–H and O–H groups in total. The first-order valence-corrected chi connectivity index (χ1v) is 8.51.